The molecule has 0 amide bonds. The lowest BCUT2D eigenvalue weighted by atomic mass is 10.2. The molecular formula is C11H26N2S. The Bertz CT molecular complexity index is 150. The van der Waals surface area contributed by atoms with Gasteiger partial charge in [0.25, 0.3) is 0 Å². The Kier molecular flexibility index (Phi) is 9.05. The molecule has 1 N–H and O–H groups in total. The zero-order valence-electron chi connectivity index (χ0n) is 9.81. The molecule has 0 radical (unpaired) electrons. The first-order valence-corrected chi connectivity index (χ1v) is 6.28. The molecule has 0 aromatic heterocycles. The summed E-state index contributed by atoms with van der Waals surface area (Å²) < 4.78 is 0. The van der Waals surface area contributed by atoms with Gasteiger partial charge in [-0.1, -0.05) is 33.6 Å². The van der Waals surface area contributed by atoms with Crippen LogP contribution in [-0.2, 0) is 0 Å². The summed E-state index contributed by atoms with van der Waals surface area (Å²) in [6, 6.07) is 0. The van der Waals surface area contributed by atoms with Gasteiger partial charge < -0.3 is 10.2 Å². The Hall–Kier alpha value is -0.310. The van der Waals surface area contributed by atoms with E-state index in [1.54, 1.807) is 0 Å². The van der Waals surface area contributed by atoms with E-state index in [1.807, 2.05) is 13.8 Å². The van der Waals surface area contributed by atoms with Crippen LogP contribution in [0.2, 0.25) is 0 Å². The number of rotatable bonds is 4. The van der Waals surface area contributed by atoms with E-state index in [2.05, 4.69) is 17.1 Å². The van der Waals surface area contributed by atoms with Crippen molar-refractivity contribution < 1.29 is 1.43 Å². The van der Waals surface area contributed by atoms with Crippen LogP contribution >= 0.6 is 12.2 Å². The fourth-order valence-electron chi connectivity index (χ4n) is 1.20. The van der Waals surface area contributed by atoms with Gasteiger partial charge in [0.2, 0.25) is 0 Å². The summed E-state index contributed by atoms with van der Waals surface area (Å²) in [6.45, 7) is 9.57. The first-order valence-electron chi connectivity index (χ1n) is 5.87. The van der Waals surface area contributed by atoms with Crippen molar-refractivity contribution in [3.63, 3.8) is 0 Å². The van der Waals surface area contributed by atoms with Gasteiger partial charge in [-0.05, 0) is 25.1 Å². The maximum absolute atomic E-state index is 5.19. The second kappa shape index (κ2) is 9.25. The second-order valence-corrected chi connectivity index (χ2v) is 3.67. The van der Waals surface area contributed by atoms with Gasteiger partial charge in [-0.3, -0.25) is 0 Å². The maximum atomic E-state index is 5.19. The van der Waals surface area contributed by atoms with Crippen molar-refractivity contribution in [2.75, 3.05) is 19.6 Å². The molecule has 0 atom stereocenters. The lowest BCUT2D eigenvalue weighted by Crippen LogP contribution is -2.47. The number of hydrogen-bond acceptors (Lipinski definition) is 1. The minimum absolute atomic E-state index is 0. The van der Waals surface area contributed by atoms with Gasteiger partial charge >= 0.3 is 0 Å². The summed E-state index contributed by atoms with van der Waals surface area (Å²) in [6.07, 6.45) is 5.12. The van der Waals surface area contributed by atoms with Crippen LogP contribution in [0.25, 0.3) is 0 Å². The third-order valence-electron chi connectivity index (χ3n) is 2.20. The van der Waals surface area contributed by atoms with Gasteiger partial charge in [0.1, 0.15) is 0 Å². The monoisotopic (exact) mass is 218 g/mol. The smallest absolute Gasteiger partial charge is 0.168 e. The van der Waals surface area contributed by atoms with E-state index in [-0.39, 0.29) is 1.43 Å². The summed E-state index contributed by atoms with van der Waals surface area (Å²) in [7, 11) is 0. The molecule has 0 aliphatic carbocycles. The molecule has 1 aliphatic rings. The van der Waals surface area contributed by atoms with Crippen LogP contribution in [0.4, 0.5) is 0 Å². The topological polar surface area (TPSA) is 15.3 Å². The average molecular weight is 218 g/mol. The Balaban J connectivity index is 0. The molecule has 86 valence electrons. The molecule has 0 aromatic rings. The van der Waals surface area contributed by atoms with E-state index < -0.39 is 0 Å². The summed E-state index contributed by atoms with van der Waals surface area (Å²) in [4.78, 5) is 2.22. The third kappa shape index (κ3) is 5.43. The number of thiocarbonyl (C=S) groups is 1. The minimum atomic E-state index is 0. The van der Waals surface area contributed by atoms with E-state index in [0.717, 1.165) is 24.7 Å². The fourth-order valence-corrected chi connectivity index (χ4v) is 1.49. The lowest BCUT2D eigenvalue weighted by Gasteiger charge is -2.33. The summed E-state index contributed by atoms with van der Waals surface area (Å²) in [5.74, 6) is 0. The van der Waals surface area contributed by atoms with Crippen LogP contribution in [0, 0.1) is 0 Å². The van der Waals surface area contributed by atoms with Crippen LogP contribution in [0.15, 0.2) is 0 Å². The lowest BCUT2D eigenvalue weighted by molar-refractivity contribution is 0.295. The zero-order chi connectivity index (χ0) is 10.8. The molecule has 3 heteroatoms. The van der Waals surface area contributed by atoms with Crippen molar-refractivity contribution in [3.05, 3.63) is 0 Å². The molecule has 2 nitrogen and oxygen atoms in total. The van der Waals surface area contributed by atoms with Gasteiger partial charge in [-0.2, -0.15) is 0 Å². The van der Waals surface area contributed by atoms with E-state index in [9.17, 15) is 0 Å². The van der Waals surface area contributed by atoms with E-state index >= 15 is 0 Å². The second-order valence-electron chi connectivity index (χ2n) is 3.28. The van der Waals surface area contributed by atoms with Crippen LogP contribution < -0.4 is 5.32 Å². The highest BCUT2D eigenvalue weighted by molar-refractivity contribution is 7.80. The molecule has 1 heterocycles. The van der Waals surface area contributed by atoms with Crippen LogP contribution in [0.3, 0.4) is 0 Å². The molecule has 1 fully saturated rings. The van der Waals surface area contributed by atoms with E-state index in [4.69, 9.17) is 12.2 Å². The Morgan fingerprint density at radius 1 is 1.36 bits per heavy atom. The van der Waals surface area contributed by atoms with Gasteiger partial charge in [0.05, 0.1) is 0 Å². The minimum Gasteiger partial charge on any atom is -0.363 e. The Labute approximate surface area is 95.5 Å². The van der Waals surface area contributed by atoms with Crippen molar-refractivity contribution in [2.45, 2.75) is 46.5 Å². The number of hydrogen-bond donors (Lipinski definition) is 1. The van der Waals surface area contributed by atoms with Crippen molar-refractivity contribution in [2.24, 2.45) is 0 Å². The first kappa shape index (κ1) is 13.7. The Morgan fingerprint density at radius 2 is 2.00 bits per heavy atom. The standard InChI is InChI=1S/C9H18N2S.C2H6.H2/c1-2-3-4-6-10-9(12)11-7-5-8-11;1-2;/h2-8H2,1H3,(H,10,12);1-2H3;1H. The number of nitrogens with one attached hydrogen (secondary N) is 1. The number of unbranched alkanes of at least 4 members (excludes halogenated alkanes) is 2. The number of nitrogens with zero attached hydrogens (tertiary/aromatic N) is 1. The fraction of sp³-hybridized carbons (Fsp3) is 0.909. The maximum Gasteiger partial charge on any atom is 0.168 e. The molecule has 14 heavy (non-hydrogen) atoms. The summed E-state index contributed by atoms with van der Waals surface area (Å²) >= 11 is 5.19. The molecule has 0 bridgehead atoms. The van der Waals surface area contributed by atoms with Crippen molar-refractivity contribution in [1.82, 2.24) is 10.2 Å². The van der Waals surface area contributed by atoms with Crippen LogP contribution in [0.1, 0.15) is 47.9 Å². The van der Waals surface area contributed by atoms with Gasteiger partial charge in [0.15, 0.2) is 5.11 Å². The SMILES string of the molecule is CC.CCCCCNC(=S)N1CCC1.[HH]. The molecular weight excluding hydrogens is 192 g/mol. The average Bonchev–Trinajstić information content (AvgIpc) is 2.13. The number of likely N-dealkylation sites (tertiary alicyclic amines) is 1. The molecule has 1 aliphatic heterocycles. The van der Waals surface area contributed by atoms with Crippen LogP contribution in [-0.4, -0.2) is 29.6 Å². The van der Waals surface area contributed by atoms with Gasteiger partial charge in [-0.15, -0.1) is 0 Å². The van der Waals surface area contributed by atoms with Gasteiger partial charge in [0, 0.05) is 21.1 Å². The Morgan fingerprint density at radius 3 is 2.43 bits per heavy atom. The first-order chi connectivity index (χ1) is 6.84. The normalized spacial score (nSPS) is 13.8. The molecule has 0 saturated carbocycles. The largest absolute Gasteiger partial charge is 0.363 e. The summed E-state index contributed by atoms with van der Waals surface area (Å²) in [5, 5.41) is 4.23. The highest BCUT2D eigenvalue weighted by Gasteiger charge is 2.15. The van der Waals surface area contributed by atoms with Crippen LogP contribution in [0.5, 0.6) is 0 Å². The van der Waals surface area contributed by atoms with Crippen molar-refractivity contribution in [3.8, 4) is 0 Å². The quantitative estimate of drug-likeness (QED) is 0.577. The molecule has 1 rings (SSSR count). The van der Waals surface area contributed by atoms with Crippen molar-refractivity contribution >= 4 is 17.3 Å². The summed E-state index contributed by atoms with van der Waals surface area (Å²) in [5.41, 5.74) is 0. The molecule has 0 spiro atoms. The molecule has 1 saturated heterocycles. The van der Waals surface area contributed by atoms with E-state index in [0.29, 0.717) is 0 Å². The predicted octanol–water partition coefficient (Wildman–Crippen LogP) is 3.03. The van der Waals surface area contributed by atoms with Gasteiger partial charge in [-0.25, -0.2) is 0 Å². The predicted molar refractivity (Wildman–Crippen MR) is 69.8 cm³/mol. The highest BCUT2D eigenvalue weighted by Crippen LogP contribution is 2.05. The van der Waals surface area contributed by atoms with Crippen molar-refractivity contribution in [1.29, 1.82) is 0 Å². The zero-order valence-corrected chi connectivity index (χ0v) is 10.6. The molecule has 0 aromatic carbocycles. The molecule has 0 unspecified atom stereocenters. The third-order valence-corrected chi connectivity index (χ3v) is 2.60. The highest BCUT2D eigenvalue weighted by atomic mass is 32.1. The van der Waals surface area contributed by atoms with E-state index in [1.165, 1.54) is 25.7 Å².